The van der Waals surface area contributed by atoms with Gasteiger partial charge in [-0.2, -0.15) is 0 Å². The van der Waals surface area contributed by atoms with Crippen molar-refractivity contribution in [2.75, 3.05) is 18.0 Å². The van der Waals surface area contributed by atoms with Crippen LogP contribution in [0.15, 0.2) is 24.3 Å². The highest BCUT2D eigenvalue weighted by molar-refractivity contribution is 5.96. The topological polar surface area (TPSA) is 60.9 Å². The summed E-state index contributed by atoms with van der Waals surface area (Å²) in [5.74, 6) is -0.290. The zero-order chi connectivity index (χ0) is 17.4. The van der Waals surface area contributed by atoms with Crippen LogP contribution in [0.1, 0.15) is 44.1 Å². The van der Waals surface area contributed by atoms with Gasteiger partial charge in [0, 0.05) is 18.3 Å². The third kappa shape index (κ3) is 3.06. The van der Waals surface area contributed by atoms with Crippen LogP contribution in [0.3, 0.4) is 0 Å². The summed E-state index contributed by atoms with van der Waals surface area (Å²) in [6.07, 6.45) is 7.14. The van der Waals surface area contributed by atoms with E-state index in [0.29, 0.717) is 12.3 Å². The van der Waals surface area contributed by atoms with Gasteiger partial charge in [-0.1, -0.05) is 31.0 Å². The highest BCUT2D eigenvalue weighted by atomic mass is 16.4. The molecule has 0 unspecified atom stereocenters. The minimum absolute atomic E-state index is 0.0459. The van der Waals surface area contributed by atoms with Crippen LogP contribution in [0.5, 0.6) is 0 Å². The van der Waals surface area contributed by atoms with E-state index in [1.807, 2.05) is 28.0 Å². The van der Waals surface area contributed by atoms with Gasteiger partial charge in [0.05, 0.1) is 6.54 Å². The number of likely N-dealkylation sites (tertiary alicyclic amines) is 1. The number of carboxylic acids is 1. The smallest absolute Gasteiger partial charge is 0.320 e. The number of aryl methyl sites for hydroxylation is 1. The number of carbonyl (C=O) groups excluding carboxylic acids is 1. The zero-order valence-corrected chi connectivity index (χ0v) is 14.6. The fourth-order valence-corrected chi connectivity index (χ4v) is 5.06. The van der Waals surface area contributed by atoms with E-state index < -0.39 is 12.0 Å². The number of nitrogens with zero attached hydrogens (tertiary/aromatic N) is 2. The van der Waals surface area contributed by atoms with Gasteiger partial charge in [0.1, 0.15) is 6.04 Å². The van der Waals surface area contributed by atoms with Crippen LogP contribution in [0, 0.1) is 5.92 Å². The molecule has 3 atom stereocenters. The van der Waals surface area contributed by atoms with E-state index in [4.69, 9.17) is 0 Å². The number of fused-ring (bicyclic) bond motifs is 2. The van der Waals surface area contributed by atoms with Crippen LogP contribution < -0.4 is 4.90 Å². The molecule has 1 saturated heterocycles. The van der Waals surface area contributed by atoms with Crippen LogP contribution in [-0.4, -0.2) is 47.1 Å². The largest absolute Gasteiger partial charge is 0.480 e. The molecule has 5 nitrogen and oxygen atoms in total. The van der Waals surface area contributed by atoms with Gasteiger partial charge in [-0.15, -0.1) is 0 Å². The monoisotopic (exact) mass is 342 g/mol. The molecule has 0 aromatic heterocycles. The van der Waals surface area contributed by atoms with Crippen molar-refractivity contribution in [2.24, 2.45) is 5.92 Å². The predicted octanol–water partition coefficient (Wildman–Crippen LogP) is 2.68. The molecule has 1 aromatic carbocycles. The maximum atomic E-state index is 13.1. The number of carboxylic acid groups (broad SMARTS) is 1. The van der Waals surface area contributed by atoms with Gasteiger partial charge in [-0.05, 0) is 49.7 Å². The Kier molecular flexibility index (Phi) is 4.50. The molecular formula is C20H26N2O3. The maximum absolute atomic E-state index is 13.1. The first-order valence-corrected chi connectivity index (χ1v) is 9.52. The molecule has 2 aliphatic heterocycles. The second-order valence-corrected chi connectivity index (χ2v) is 7.65. The number of hydrogen-bond acceptors (Lipinski definition) is 3. The van der Waals surface area contributed by atoms with E-state index in [1.165, 1.54) is 12.0 Å². The zero-order valence-electron chi connectivity index (χ0n) is 14.6. The highest BCUT2D eigenvalue weighted by Gasteiger charge is 2.46. The maximum Gasteiger partial charge on any atom is 0.320 e. The van der Waals surface area contributed by atoms with E-state index in [9.17, 15) is 14.7 Å². The van der Waals surface area contributed by atoms with Crippen molar-refractivity contribution in [3.8, 4) is 0 Å². The first-order chi connectivity index (χ1) is 12.1. The lowest BCUT2D eigenvalue weighted by molar-refractivity contribution is -0.143. The molecule has 1 aliphatic carbocycles. The third-order valence-electron chi connectivity index (χ3n) is 6.24. The van der Waals surface area contributed by atoms with E-state index in [2.05, 4.69) is 6.07 Å². The number of amides is 1. The molecule has 1 N–H and O–H groups in total. The standard InChI is InChI=1S/C20H26N2O3/c23-19(21-11-5-8-14-6-1-3-9-16(14)21)13-22-17-10-4-2-7-15(17)12-18(22)20(24)25/h1,3,6,9,15,17-18H,2,4-5,7-8,10-13H2,(H,24,25)/t15-,17+,18+/m1/s1. The molecule has 2 fully saturated rings. The second-order valence-electron chi connectivity index (χ2n) is 7.65. The fraction of sp³-hybridized carbons (Fsp3) is 0.600. The molecule has 5 heteroatoms. The Labute approximate surface area is 148 Å². The molecule has 0 bridgehead atoms. The van der Waals surface area contributed by atoms with Crippen molar-refractivity contribution >= 4 is 17.6 Å². The minimum Gasteiger partial charge on any atom is -0.480 e. The van der Waals surface area contributed by atoms with Crippen molar-refractivity contribution in [3.63, 3.8) is 0 Å². The Morgan fingerprint density at radius 3 is 2.76 bits per heavy atom. The van der Waals surface area contributed by atoms with Crippen LogP contribution in [-0.2, 0) is 16.0 Å². The first-order valence-electron chi connectivity index (χ1n) is 9.52. The van der Waals surface area contributed by atoms with E-state index in [0.717, 1.165) is 44.3 Å². The van der Waals surface area contributed by atoms with Gasteiger partial charge in [-0.25, -0.2) is 0 Å². The van der Waals surface area contributed by atoms with Gasteiger partial charge < -0.3 is 10.0 Å². The molecular weight excluding hydrogens is 316 g/mol. The lowest BCUT2D eigenvalue weighted by Gasteiger charge is -2.35. The summed E-state index contributed by atoms with van der Waals surface area (Å²) in [5, 5.41) is 9.65. The van der Waals surface area contributed by atoms with Crippen molar-refractivity contribution in [1.82, 2.24) is 4.90 Å². The summed E-state index contributed by atoms with van der Waals surface area (Å²) in [6, 6.07) is 7.84. The third-order valence-corrected chi connectivity index (χ3v) is 6.24. The summed E-state index contributed by atoms with van der Waals surface area (Å²) in [4.78, 5) is 28.7. The van der Waals surface area contributed by atoms with E-state index in [-0.39, 0.29) is 18.5 Å². The van der Waals surface area contributed by atoms with Gasteiger partial charge >= 0.3 is 5.97 Å². The van der Waals surface area contributed by atoms with Crippen molar-refractivity contribution in [2.45, 2.75) is 57.0 Å². The van der Waals surface area contributed by atoms with Crippen LogP contribution in [0.2, 0.25) is 0 Å². The number of rotatable bonds is 3. The molecule has 0 spiro atoms. The Balaban J connectivity index is 1.54. The summed E-state index contributed by atoms with van der Waals surface area (Å²) in [6.45, 7) is 0.960. The van der Waals surface area contributed by atoms with E-state index in [1.54, 1.807) is 0 Å². The average Bonchev–Trinajstić information content (AvgIpc) is 3.00. The Hall–Kier alpha value is -1.88. The number of hydrogen-bond donors (Lipinski definition) is 1. The van der Waals surface area contributed by atoms with Gasteiger partial charge in [0.15, 0.2) is 0 Å². The number of aliphatic carboxylic acids is 1. The van der Waals surface area contributed by atoms with Crippen molar-refractivity contribution < 1.29 is 14.7 Å². The molecule has 3 aliphatic rings. The molecule has 1 saturated carbocycles. The number of para-hydroxylation sites is 1. The summed E-state index contributed by atoms with van der Waals surface area (Å²) in [7, 11) is 0. The fourth-order valence-electron chi connectivity index (χ4n) is 5.06. The van der Waals surface area contributed by atoms with Crippen molar-refractivity contribution in [1.29, 1.82) is 0 Å². The highest BCUT2D eigenvalue weighted by Crippen LogP contribution is 2.40. The first kappa shape index (κ1) is 16.6. The number of benzene rings is 1. The second kappa shape index (κ2) is 6.79. The molecule has 134 valence electrons. The molecule has 25 heavy (non-hydrogen) atoms. The summed E-state index contributed by atoms with van der Waals surface area (Å²) >= 11 is 0. The Bertz CT molecular complexity index is 675. The van der Waals surface area contributed by atoms with Gasteiger partial charge in [0.25, 0.3) is 0 Å². The predicted molar refractivity (Wildman–Crippen MR) is 95.6 cm³/mol. The van der Waals surface area contributed by atoms with Gasteiger partial charge in [0.2, 0.25) is 5.91 Å². The van der Waals surface area contributed by atoms with Crippen molar-refractivity contribution in [3.05, 3.63) is 29.8 Å². The van der Waals surface area contributed by atoms with E-state index >= 15 is 0 Å². The Morgan fingerprint density at radius 2 is 1.92 bits per heavy atom. The van der Waals surface area contributed by atoms with Crippen LogP contribution in [0.4, 0.5) is 5.69 Å². The van der Waals surface area contributed by atoms with Crippen LogP contribution in [0.25, 0.3) is 0 Å². The normalized spacial score (nSPS) is 29.1. The average molecular weight is 342 g/mol. The lowest BCUT2D eigenvalue weighted by Crippen LogP contribution is -2.49. The molecule has 4 rings (SSSR count). The van der Waals surface area contributed by atoms with Crippen LogP contribution >= 0.6 is 0 Å². The summed E-state index contributed by atoms with van der Waals surface area (Å²) in [5.41, 5.74) is 2.22. The minimum atomic E-state index is -0.777. The summed E-state index contributed by atoms with van der Waals surface area (Å²) < 4.78 is 0. The Morgan fingerprint density at radius 1 is 1.12 bits per heavy atom. The number of carbonyl (C=O) groups is 2. The quantitative estimate of drug-likeness (QED) is 0.917. The molecule has 1 aromatic rings. The molecule has 2 heterocycles. The van der Waals surface area contributed by atoms with Gasteiger partial charge in [-0.3, -0.25) is 14.5 Å². The SMILES string of the molecule is O=C(O)[C@@H]1C[C@H]2CCCC[C@@H]2N1CC(=O)N1CCCc2ccccc21. The lowest BCUT2D eigenvalue weighted by atomic mass is 9.85. The number of anilines is 1. The molecule has 0 radical (unpaired) electrons. The molecule has 1 amide bonds.